The van der Waals surface area contributed by atoms with Crippen molar-refractivity contribution in [1.82, 2.24) is 0 Å². The van der Waals surface area contributed by atoms with E-state index in [9.17, 15) is 0 Å². The molecule has 0 heterocycles. The van der Waals surface area contributed by atoms with Gasteiger partial charge in [-0.25, -0.2) is 0 Å². The van der Waals surface area contributed by atoms with Gasteiger partial charge in [0.25, 0.3) is 0 Å². The summed E-state index contributed by atoms with van der Waals surface area (Å²) in [5.41, 5.74) is 7.53. The third-order valence-electron chi connectivity index (χ3n) is 7.38. The van der Waals surface area contributed by atoms with Crippen molar-refractivity contribution in [3.63, 3.8) is 0 Å². The minimum atomic E-state index is 0.820. The maximum Gasteiger partial charge on any atom is 0.125 e. The van der Waals surface area contributed by atoms with E-state index in [1.807, 2.05) is 11.8 Å². The molecule has 2 heteroatoms. The zero-order valence-electron chi connectivity index (χ0n) is 24.5. The lowest BCUT2D eigenvalue weighted by molar-refractivity contribution is 0.300. The highest BCUT2D eigenvalue weighted by molar-refractivity contribution is 7.99. The first-order chi connectivity index (χ1) is 18.6. The molecule has 0 aliphatic heterocycles. The summed E-state index contributed by atoms with van der Waals surface area (Å²) in [5, 5.41) is 0. The van der Waals surface area contributed by atoms with Crippen LogP contribution in [-0.2, 0) is 0 Å². The second-order valence-corrected chi connectivity index (χ2v) is 11.9. The predicted octanol–water partition coefficient (Wildman–Crippen LogP) is 11.8. The topological polar surface area (TPSA) is 9.23 Å². The van der Waals surface area contributed by atoms with Gasteiger partial charge in [-0.15, -0.1) is 11.8 Å². The molecule has 0 aromatic heterocycles. The molecule has 0 unspecified atom stereocenters. The van der Waals surface area contributed by atoms with E-state index in [0.717, 1.165) is 18.8 Å². The van der Waals surface area contributed by atoms with Crippen LogP contribution in [0.5, 0.6) is 5.75 Å². The highest BCUT2D eigenvalue weighted by Gasteiger charge is 2.09. The van der Waals surface area contributed by atoms with Gasteiger partial charge in [0.2, 0.25) is 0 Å². The van der Waals surface area contributed by atoms with Gasteiger partial charge in [-0.1, -0.05) is 114 Å². The van der Waals surface area contributed by atoms with E-state index in [-0.39, 0.29) is 0 Å². The fourth-order valence-electron chi connectivity index (χ4n) is 5.07. The highest BCUT2D eigenvalue weighted by Crippen LogP contribution is 2.32. The van der Waals surface area contributed by atoms with E-state index >= 15 is 0 Å². The number of hydrogen-bond acceptors (Lipinski definition) is 2. The number of aryl methyl sites for hydroxylation is 2. The van der Waals surface area contributed by atoms with Gasteiger partial charge in [-0.2, -0.15) is 0 Å². The van der Waals surface area contributed by atoms with Crippen molar-refractivity contribution in [1.29, 1.82) is 0 Å². The molecular weight excluding hydrogens is 480 g/mol. The van der Waals surface area contributed by atoms with Crippen LogP contribution in [0.2, 0.25) is 0 Å². The summed E-state index contributed by atoms with van der Waals surface area (Å²) in [5.74, 6) is 2.28. The largest absolute Gasteiger partial charge is 0.493 e. The van der Waals surface area contributed by atoms with Crippen LogP contribution < -0.4 is 4.74 Å². The molecule has 0 saturated heterocycles. The molecule has 0 fully saturated rings. The first kappa shape index (κ1) is 30.4. The lowest BCUT2D eigenvalue weighted by Gasteiger charge is -2.15. The molecule has 206 valence electrons. The third kappa shape index (κ3) is 10.2. The number of rotatable bonds is 18. The van der Waals surface area contributed by atoms with Gasteiger partial charge in [0.15, 0.2) is 0 Å². The molecule has 0 saturated carbocycles. The molecule has 0 N–H and O–H groups in total. The van der Waals surface area contributed by atoms with Crippen molar-refractivity contribution in [3.05, 3.63) is 71.8 Å². The van der Waals surface area contributed by atoms with E-state index in [0.29, 0.717) is 0 Å². The molecule has 1 nitrogen and oxygen atoms in total. The van der Waals surface area contributed by atoms with Gasteiger partial charge < -0.3 is 4.74 Å². The van der Waals surface area contributed by atoms with Crippen molar-refractivity contribution in [2.75, 3.05) is 12.4 Å². The van der Waals surface area contributed by atoms with Crippen LogP contribution in [0.25, 0.3) is 22.3 Å². The number of benzene rings is 3. The zero-order valence-corrected chi connectivity index (χ0v) is 25.3. The second kappa shape index (κ2) is 17.4. The molecule has 0 atom stereocenters. The molecular formula is C36H50OS. The van der Waals surface area contributed by atoms with Crippen LogP contribution in [0.4, 0.5) is 0 Å². The fraction of sp³-hybridized carbons (Fsp3) is 0.500. The Hall–Kier alpha value is -2.19. The summed E-state index contributed by atoms with van der Waals surface area (Å²) in [7, 11) is 0. The Labute approximate surface area is 237 Å². The molecule has 0 amide bonds. The monoisotopic (exact) mass is 530 g/mol. The van der Waals surface area contributed by atoms with Gasteiger partial charge in [0.05, 0.1) is 6.61 Å². The molecule has 3 rings (SSSR count). The molecule has 0 aliphatic rings. The van der Waals surface area contributed by atoms with Gasteiger partial charge in [0.1, 0.15) is 5.75 Å². The molecule has 3 aromatic carbocycles. The van der Waals surface area contributed by atoms with E-state index in [1.165, 1.54) is 115 Å². The summed E-state index contributed by atoms with van der Waals surface area (Å²) < 4.78 is 6.23. The lowest BCUT2D eigenvalue weighted by atomic mass is 9.97. The SMILES string of the molecule is CCCCCCCCCCOc1c(C)cc(-c2ccc(-c3ccc(SCCCCCC)cc3)cc2)cc1C. The number of thioether (sulfide) groups is 1. The quantitative estimate of drug-likeness (QED) is 0.119. The normalized spacial score (nSPS) is 11.2. The lowest BCUT2D eigenvalue weighted by Crippen LogP contribution is -2.01. The van der Waals surface area contributed by atoms with E-state index in [4.69, 9.17) is 4.74 Å². The van der Waals surface area contributed by atoms with Crippen molar-refractivity contribution in [2.45, 2.75) is 110 Å². The minimum absolute atomic E-state index is 0.820. The van der Waals surface area contributed by atoms with Gasteiger partial charge >= 0.3 is 0 Å². The zero-order chi connectivity index (χ0) is 27.0. The Morgan fingerprint density at radius 3 is 1.53 bits per heavy atom. The molecule has 0 spiro atoms. The first-order valence-corrected chi connectivity index (χ1v) is 16.2. The number of hydrogen-bond donors (Lipinski definition) is 0. The molecule has 0 aliphatic carbocycles. The summed E-state index contributed by atoms with van der Waals surface area (Å²) in [4.78, 5) is 1.37. The Balaban J connectivity index is 1.50. The van der Waals surface area contributed by atoms with Crippen LogP contribution in [0.3, 0.4) is 0 Å². The van der Waals surface area contributed by atoms with E-state index in [2.05, 4.69) is 88.4 Å². The maximum absolute atomic E-state index is 6.23. The molecule has 38 heavy (non-hydrogen) atoms. The standard InChI is InChI=1S/C36H50OS/c1-5-7-9-11-12-13-14-15-25-37-36-29(3)27-34(28-30(36)4)33-19-17-31(18-20-33)32-21-23-35(24-22-32)38-26-16-10-8-6-2/h17-24,27-28H,5-16,25-26H2,1-4H3. The Bertz CT molecular complexity index is 1030. The average Bonchev–Trinajstić information content (AvgIpc) is 2.93. The average molecular weight is 531 g/mol. The number of unbranched alkanes of at least 4 members (excludes halogenated alkanes) is 10. The summed E-state index contributed by atoms with van der Waals surface area (Å²) >= 11 is 1.98. The van der Waals surface area contributed by atoms with Gasteiger partial charge in [0, 0.05) is 4.90 Å². The van der Waals surface area contributed by atoms with Crippen LogP contribution >= 0.6 is 11.8 Å². The summed E-state index contributed by atoms with van der Waals surface area (Å²) in [6.45, 7) is 9.72. The van der Waals surface area contributed by atoms with Crippen LogP contribution in [0, 0.1) is 13.8 Å². The summed E-state index contributed by atoms with van der Waals surface area (Å²) in [6.07, 6.45) is 15.9. The Morgan fingerprint density at radius 2 is 0.974 bits per heavy atom. The predicted molar refractivity (Wildman–Crippen MR) is 170 cm³/mol. The maximum atomic E-state index is 6.23. The molecule has 0 radical (unpaired) electrons. The summed E-state index contributed by atoms with van der Waals surface area (Å²) in [6, 6.07) is 22.6. The van der Waals surface area contributed by atoms with Gasteiger partial charge in [-0.05, 0) is 90.1 Å². The van der Waals surface area contributed by atoms with Crippen LogP contribution in [-0.4, -0.2) is 12.4 Å². The first-order valence-electron chi connectivity index (χ1n) is 15.2. The molecule has 0 bridgehead atoms. The van der Waals surface area contributed by atoms with Crippen LogP contribution in [0.1, 0.15) is 102 Å². The second-order valence-electron chi connectivity index (χ2n) is 10.8. The van der Waals surface area contributed by atoms with Crippen molar-refractivity contribution < 1.29 is 4.74 Å². The van der Waals surface area contributed by atoms with Crippen LogP contribution in [0.15, 0.2) is 65.6 Å². The smallest absolute Gasteiger partial charge is 0.125 e. The Morgan fingerprint density at radius 1 is 0.526 bits per heavy atom. The Kier molecular flexibility index (Phi) is 13.9. The number of ether oxygens (including phenoxy) is 1. The minimum Gasteiger partial charge on any atom is -0.493 e. The van der Waals surface area contributed by atoms with E-state index < -0.39 is 0 Å². The third-order valence-corrected chi connectivity index (χ3v) is 8.48. The van der Waals surface area contributed by atoms with Crippen molar-refractivity contribution >= 4 is 11.8 Å². The molecule has 3 aromatic rings. The fourth-order valence-corrected chi connectivity index (χ4v) is 5.99. The van der Waals surface area contributed by atoms with E-state index in [1.54, 1.807) is 0 Å². The van der Waals surface area contributed by atoms with Crippen molar-refractivity contribution in [3.8, 4) is 28.0 Å². The highest BCUT2D eigenvalue weighted by atomic mass is 32.2. The van der Waals surface area contributed by atoms with Gasteiger partial charge in [-0.3, -0.25) is 0 Å². The van der Waals surface area contributed by atoms with Crippen molar-refractivity contribution in [2.24, 2.45) is 0 Å².